The number of sulfonamides is 1. The number of carbonyl (C=O) groups excluding carboxylic acids is 1. The third-order valence-electron chi connectivity index (χ3n) is 5.30. The minimum absolute atomic E-state index is 0.0535. The van der Waals surface area contributed by atoms with E-state index in [4.69, 9.17) is 0 Å². The van der Waals surface area contributed by atoms with Gasteiger partial charge in [0, 0.05) is 31.7 Å². The highest BCUT2D eigenvalue weighted by atomic mass is 32.2. The lowest BCUT2D eigenvalue weighted by Gasteiger charge is -2.15. The molecular weight excluding hydrogens is 402 g/mol. The Kier molecular flexibility index (Phi) is 5.83. The van der Waals surface area contributed by atoms with E-state index in [9.17, 15) is 13.2 Å². The van der Waals surface area contributed by atoms with E-state index in [1.54, 1.807) is 22.9 Å². The molecule has 0 atom stereocenters. The lowest BCUT2D eigenvalue weighted by molar-refractivity contribution is -0.116. The van der Waals surface area contributed by atoms with Gasteiger partial charge in [-0.1, -0.05) is 22.9 Å². The monoisotopic (exact) mass is 427 g/mol. The lowest BCUT2D eigenvalue weighted by Crippen LogP contribution is -2.27. The van der Waals surface area contributed by atoms with Crippen LogP contribution >= 0.6 is 0 Å². The van der Waals surface area contributed by atoms with E-state index < -0.39 is 10.0 Å². The van der Waals surface area contributed by atoms with Crippen molar-refractivity contribution < 1.29 is 13.2 Å². The zero-order valence-electron chi connectivity index (χ0n) is 16.9. The maximum Gasteiger partial charge on any atom is 0.243 e. The molecule has 9 heteroatoms. The number of aromatic nitrogens is 3. The molecule has 4 rings (SSSR count). The van der Waals surface area contributed by atoms with Crippen LogP contribution in [0.1, 0.15) is 31.2 Å². The van der Waals surface area contributed by atoms with Crippen molar-refractivity contribution in [2.45, 2.75) is 44.0 Å². The first-order chi connectivity index (χ1) is 14.4. The molecule has 0 unspecified atom stereocenters. The predicted molar refractivity (Wildman–Crippen MR) is 115 cm³/mol. The van der Waals surface area contributed by atoms with Gasteiger partial charge in [-0.05, 0) is 56.5 Å². The Morgan fingerprint density at radius 1 is 1.10 bits per heavy atom. The largest absolute Gasteiger partial charge is 0.326 e. The molecule has 158 valence electrons. The van der Waals surface area contributed by atoms with Crippen molar-refractivity contribution >= 4 is 32.7 Å². The summed E-state index contributed by atoms with van der Waals surface area (Å²) in [6, 6.07) is 12.6. The molecule has 0 aliphatic carbocycles. The van der Waals surface area contributed by atoms with E-state index in [-0.39, 0.29) is 10.8 Å². The van der Waals surface area contributed by atoms with Crippen molar-refractivity contribution in [1.29, 1.82) is 0 Å². The first-order valence-electron chi connectivity index (χ1n) is 10.1. The van der Waals surface area contributed by atoms with Gasteiger partial charge in [0.25, 0.3) is 0 Å². The first-order valence-corrected chi connectivity index (χ1v) is 11.6. The summed E-state index contributed by atoms with van der Waals surface area (Å²) in [6.45, 7) is 3.66. The highest BCUT2D eigenvalue weighted by Crippen LogP contribution is 2.23. The number of anilines is 1. The van der Waals surface area contributed by atoms with Gasteiger partial charge in [-0.15, -0.1) is 5.10 Å². The number of amides is 1. The summed E-state index contributed by atoms with van der Waals surface area (Å²) in [6.07, 6.45) is 2.75. The van der Waals surface area contributed by atoms with Crippen molar-refractivity contribution in [2.75, 3.05) is 18.4 Å². The number of carbonyl (C=O) groups is 1. The molecule has 0 spiro atoms. The van der Waals surface area contributed by atoms with Gasteiger partial charge in [-0.3, -0.25) is 4.79 Å². The molecular formula is C21H25N5O3S. The third-order valence-corrected chi connectivity index (χ3v) is 7.19. The first kappa shape index (κ1) is 20.5. The minimum atomic E-state index is -3.48. The highest BCUT2D eigenvalue weighted by Gasteiger charge is 2.27. The lowest BCUT2D eigenvalue weighted by atomic mass is 10.2. The van der Waals surface area contributed by atoms with Gasteiger partial charge in [0.2, 0.25) is 15.9 Å². The second kappa shape index (κ2) is 8.53. The van der Waals surface area contributed by atoms with E-state index in [1.807, 2.05) is 31.2 Å². The SMILES string of the molecule is Cc1ccc(NC(=O)CCCn2nnc3cc(S(=O)(=O)N4CCCC4)ccc32)cc1. The summed E-state index contributed by atoms with van der Waals surface area (Å²) in [5.74, 6) is -0.0535. The summed E-state index contributed by atoms with van der Waals surface area (Å²) >= 11 is 0. The van der Waals surface area contributed by atoms with E-state index in [0.29, 0.717) is 38.0 Å². The van der Waals surface area contributed by atoms with Gasteiger partial charge in [0.15, 0.2) is 0 Å². The Bertz CT molecular complexity index is 1150. The number of aryl methyl sites for hydroxylation is 2. The summed E-state index contributed by atoms with van der Waals surface area (Å²) in [4.78, 5) is 12.4. The van der Waals surface area contributed by atoms with Crippen LogP contribution in [0.25, 0.3) is 11.0 Å². The third kappa shape index (κ3) is 4.36. The molecule has 3 aromatic rings. The second-order valence-electron chi connectivity index (χ2n) is 7.59. The van der Waals surface area contributed by atoms with Crippen LogP contribution in [0, 0.1) is 6.92 Å². The average molecular weight is 428 g/mol. The molecule has 1 aliphatic rings. The average Bonchev–Trinajstić information content (AvgIpc) is 3.40. The Labute approximate surface area is 175 Å². The quantitative estimate of drug-likeness (QED) is 0.625. The zero-order chi connectivity index (χ0) is 21.1. The molecule has 1 N–H and O–H groups in total. The standard InChI is InChI=1S/C21H25N5O3S/c1-16-6-8-17(9-7-16)22-21(27)5-4-14-26-20-11-10-18(15-19(20)23-24-26)30(28,29)25-12-2-3-13-25/h6-11,15H,2-5,12-14H2,1H3,(H,22,27). The van der Waals surface area contributed by atoms with Gasteiger partial charge in [-0.2, -0.15) is 4.31 Å². The van der Waals surface area contributed by atoms with Crippen molar-refractivity contribution in [3.8, 4) is 0 Å². The van der Waals surface area contributed by atoms with Crippen LogP contribution < -0.4 is 5.32 Å². The van der Waals surface area contributed by atoms with Crippen LogP contribution in [0.2, 0.25) is 0 Å². The number of hydrogen-bond donors (Lipinski definition) is 1. The minimum Gasteiger partial charge on any atom is -0.326 e. The summed E-state index contributed by atoms with van der Waals surface area (Å²) in [5.41, 5.74) is 3.22. The van der Waals surface area contributed by atoms with Gasteiger partial charge in [0.05, 0.1) is 10.4 Å². The molecule has 1 saturated heterocycles. The number of benzene rings is 2. The van der Waals surface area contributed by atoms with Crippen LogP contribution in [-0.2, 0) is 21.4 Å². The van der Waals surface area contributed by atoms with Crippen molar-refractivity contribution in [3.05, 3.63) is 48.0 Å². The number of fused-ring (bicyclic) bond motifs is 1. The van der Waals surface area contributed by atoms with E-state index in [1.165, 1.54) is 4.31 Å². The predicted octanol–water partition coefficient (Wildman–Crippen LogP) is 2.94. The fourth-order valence-electron chi connectivity index (χ4n) is 3.60. The fourth-order valence-corrected chi connectivity index (χ4v) is 5.14. The van der Waals surface area contributed by atoms with Crippen LogP contribution in [-0.4, -0.2) is 46.7 Å². The molecule has 0 bridgehead atoms. The Balaban J connectivity index is 1.38. The van der Waals surface area contributed by atoms with Gasteiger partial charge >= 0.3 is 0 Å². The van der Waals surface area contributed by atoms with Gasteiger partial charge in [0.1, 0.15) is 5.52 Å². The maximum atomic E-state index is 12.7. The highest BCUT2D eigenvalue weighted by molar-refractivity contribution is 7.89. The van der Waals surface area contributed by atoms with Gasteiger partial charge in [-0.25, -0.2) is 13.1 Å². The molecule has 0 saturated carbocycles. The zero-order valence-corrected chi connectivity index (χ0v) is 17.7. The number of rotatable bonds is 7. The van der Waals surface area contributed by atoms with Crippen molar-refractivity contribution in [1.82, 2.24) is 19.3 Å². The topological polar surface area (TPSA) is 97.2 Å². The van der Waals surface area contributed by atoms with Crippen molar-refractivity contribution in [2.24, 2.45) is 0 Å². The molecule has 8 nitrogen and oxygen atoms in total. The van der Waals surface area contributed by atoms with E-state index in [0.717, 1.165) is 29.6 Å². The van der Waals surface area contributed by atoms with Crippen LogP contribution in [0.4, 0.5) is 5.69 Å². The normalized spacial score (nSPS) is 15.0. The maximum absolute atomic E-state index is 12.7. The van der Waals surface area contributed by atoms with Gasteiger partial charge < -0.3 is 5.32 Å². The number of nitrogens with zero attached hydrogens (tertiary/aromatic N) is 4. The molecule has 1 amide bonds. The molecule has 1 aliphatic heterocycles. The second-order valence-corrected chi connectivity index (χ2v) is 9.53. The van der Waals surface area contributed by atoms with Crippen LogP contribution in [0.5, 0.6) is 0 Å². The Hall–Kier alpha value is -2.78. The van der Waals surface area contributed by atoms with Crippen molar-refractivity contribution in [3.63, 3.8) is 0 Å². The molecule has 2 heterocycles. The Morgan fingerprint density at radius 3 is 2.57 bits per heavy atom. The van der Waals surface area contributed by atoms with E-state index in [2.05, 4.69) is 15.6 Å². The summed E-state index contributed by atoms with van der Waals surface area (Å²) < 4.78 is 28.7. The summed E-state index contributed by atoms with van der Waals surface area (Å²) in [7, 11) is -3.48. The summed E-state index contributed by atoms with van der Waals surface area (Å²) in [5, 5.41) is 11.1. The fraction of sp³-hybridized carbons (Fsp3) is 0.381. The Morgan fingerprint density at radius 2 is 1.83 bits per heavy atom. The van der Waals surface area contributed by atoms with E-state index >= 15 is 0 Å². The van der Waals surface area contributed by atoms with Crippen LogP contribution in [0.15, 0.2) is 47.4 Å². The molecule has 1 fully saturated rings. The number of nitrogens with one attached hydrogen (secondary N) is 1. The van der Waals surface area contributed by atoms with Crippen LogP contribution in [0.3, 0.4) is 0 Å². The molecule has 0 radical (unpaired) electrons. The molecule has 30 heavy (non-hydrogen) atoms. The smallest absolute Gasteiger partial charge is 0.243 e. The molecule has 1 aromatic heterocycles. The number of hydrogen-bond acceptors (Lipinski definition) is 5. The molecule has 2 aromatic carbocycles.